The van der Waals surface area contributed by atoms with Crippen molar-refractivity contribution in [3.8, 4) is 17.2 Å². The van der Waals surface area contributed by atoms with Gasteiger partial charge in [0.2, 0.25) is 0 Å². The van der Waals surface area contributed by atoms with Crippen molar-refractivity contribution in [3.63, 3.8) is 0 Å². The maximum atomic E-state index is 9.85. The molecule has 2 rings (SSSR count). The molecule has 0 amide bonds. The van der Waals surface area contributed by atoms with Crippen LogP contribution < -0.4 is 14.8 Å². The van der Waals surface area contributed by atoms with Gasteiger partial charge in [-0.05, 0) is 13.3 Å². The molecule has 0 spiro atoms. The molecule has 1 atom stereocenters. The van der Waals surface area contributed by atoms with Gasteiger partial charge < -0.3 is 19.9 Å². The zero-order chi connectivity index (χ0) is 16.1. The number of rotatable bonds is 6. The number of methoxy groups -OCH3 is 2. The van der Waals surface area contributed by atoms with Gasteiger partial charge in [-0.3, -0.25) is 4.90 Å². The molecule has 1 saturated heterocycles. The standard InChI is InChI=1S/C17H26N2O3.2ClH/c1-12(2)9-14(19-7-5-18-6-8-19)17-15(21-3)10-13(20)11-16(17)22-4;;/h10-11,14,18,20H,1,5-9H2,2-4H3;2*1H/t14-;;/m1../s1. The summed E-state index contributed by atoms with van der Waals surface area (Å²) in [6, 6.07) is 3.42. The summed E-state index contributed by atoms with van der Waals surface area (Å²) in [5.41, 5.74) is 2.09. The third-order valence-corrected chi connectivity index (χ3v) is 4.00. The van der Waals surface area contributed by atoms with E-state index in [0.29, 0.717) is 11.5 Å². The molecule has 2 N–H and O–H groups in total. The lowest BCUT2D eigenvalue weighted by molar-refractivity contribution is 0.166. The molecule has 1 aliphatic heterocycles. The number of phenolic OH excluding ortho intramolecular Hbond substituents is 1. The number of piperazine rings is 1. The van der Waals surface area contributed by atoms with Crippen LogP contribution in [0.2, 0.25) is 0 Å². The highest BCUT2D eigenvalue weighted by atomic mass is 35.5. The average molecular weight is 379 g/mol. The van der Waals surface area contributed by atoms with E-state index in [1.165, 1.54) is 0 Å². The van der Waals surface area contributed by atoms with Crippen LogP contribution in [0.5, 0.6) is 17.2 Å². The highest BCUT2D eigenvalue weighted by Gasteiger charge is 2.28. The van der Waals surface area contributed by atoms with Gasteiger partial charge in [-0.25, -0.2) is 0 Å². The van der Waals surface area contributed by atoms with Crippen LogP contribution in [0.3, 0.4) is 0 Å². The molecular formula is C17H28Cl2N2O3. The lowest BCUT2D eigenvalue weighted by Crippen LogP contribution is -2.45. The molecule has 1 heterocycles. The predicted octanol–water partition coefficient (Wildman–Crippen LogP) is 3.17. The number of nitrogens with zero attached hydrogens (tertiary/aromatic N) is 1. The summed E-state index contributed by atoms with van der Waals surface area (Å²) in [6.07, 6.45) is 0.831. The second-order valence-electron chi connectivity index (χ2n) is 5.73. The van der Waals surface area contributed by atoms with Gasteiger partial charge in [-0.2, -0.15) is 0 Å². The van der Waals surface area contributed by atoms with Gasteiger partial charge in [0.25, 0.3) is 0 Å². The van der Waals surface area contributed by atoms with Gasteiger partial charge in [-0.15, -0.1) is 31.4 Å². The van der Waals surface area contributed by atoms with Crippen molar-refractivity contribution in [1.82, 2.24) is 10.2 Å². The molecule has 0 bridgehead atoms. The lowest BCUT2D eigenvalue weighted by Gasteiger charge is -2.36. The molecule has 1 aromatic rings. The maximum absolute atomic E-state index is 9.85. The number of halogens is 2. The molecule has 138 valence electrons. The fourth-order valence-electron chi connectivity index (χ4n) is 2.99. The normalized spacial score (nSPS) is 15.6. The lowest BCUT2D eigenvalue weighted by atomic mass is 9.95. The van der Waals surface area contributed by atoms with Crippen LogP contribution in [-0.2, 0) is 0 Å². The Morgan fingerprint density at radius 2 is 1.71 bits per heavy atom. The van der Waals surface area contributed by atoms with E-state index < -0.39 is 0 Å². The van der Waals surface area contributed by atoms with E-state index in [4.69, 9.17) is 9.47 Å². The second kappa shape index (κ2) is 10.7. The minimum Gasteiger partial charge on any atom is -0.508 e. The molecule has 0 aromatic heterocycles. The van der Waals surface area contributed by atoms with Crippen LogP contribution in [0.15, 0.2) is 24.3 Å². The number of aromatic hydroxyl groups is 1. The Morgan fingerprint density at radius 3 is 2.12 bits per heavy atom. The van der Waals surface area contributed by atoms with Gasteiger partial charge in [0, 0.05) is 44.4 Å². The van der Waals surface area contributed by atoms with E-state index in [2.05, 4.69) is 16.8 Å². The van der Waals surface area contributed by atoms with Crippen molar-refractivity contribution in [1.29, 1.82) is 0 Å². The SMILES string of the molecule is C=C(C)C[C@H](c1c(OC)cc(O)cc1OC)N1CCNCC1.Cl.Cl. The van der Waals surface area contributed by atoms with Gasteiger partial charge in [-0.1, -0.05) is 5.57 Å². The Hall–Kier alpha value is -1.14. The zero-order valence-electron chi connectivity index (χ0n) is 14.5. The predicted molar refractivity (Wildman–Crippen MR) is 102 cm³/mol. The number of hydrogen-bond donors (Lipinski definition) is 2. The highest BCUT2D eigenvalue weighted by molar-refractivity contribution is 5.85. The molecule has 5 nitrogen and oxygen atoms in total. The summed E-state index contributed by atoms with van der Waals surface area (Å²) in [5, 5.41) is 13.2. The van der Waals surface area contributed by atoms with Crippen LogP contribution in [0.4, 0.5) is 0 Å². The average Bonchev–Trinajstić information content (AvgIpc) is 2.52. The Balaban J connectivity index is 0.00000264. The fraction of sp³-hybridized carbons (Fsp3) is 0.529. The topological polar surface area (TPSA) is 54.0 Å². The summed E-state index contributed by atoms with van der Waals surface area (Å²) in [6.45, 7) is 9.97. The van der Waals surface area contributed by atoms with Crippen LogP contribution in [0.25, 0.3) is 0 Å². The van der Waals surface area contributed by atoms with Crippen LogP contribution in [0.1, 0.15) is 24.9 Å². The Morgan fingerprint density at radius 1 is 1.21 bits per heavy atom. The Kier molecular flexibility index (Phi) is 10.2. The van der Waals surface area contributed by atoms with Gasteiger partial charge in [0.15, 0.2) is 0 Å². The van der Waals surface area contributed by atoms with Gasteiger partial charge >= 0.3 is 0 Å². The van der Waals surface area contributed by atoms with E-state index in [9.17, 15) is 5.11 Å². The van der Waals surface area contributed by atoms with Crippen molar-refractivity contribution < 1.29 is 14.6 Å². The molecular weight excluding hydrogens is 351 g/mol. The van der Waals surface area contributed by atoms with Crippen molar-refractivity contribution in [3.05, 3.63) is 29.8 Å². The molecule has 24 heavy (non-hydrogen) atoms. The Labute approximate surface area is 156 Å². The number of hydrogen-bond acceptors (Lipinski definition) is 5. The number of phenols is 1. The van der Waals surface area contributed by atoms with Crippen molar-refractivity contribution in [2.75, 3.05) is 40.4 Å². The van der Waals surface area contributed by atoms with E-state index >= 15 is 0 Å². The first-order valence-electron chi connectivity index (χ1n) is 7.60. The van der Waals surface area contributed by atoms with E-state index in [1.54, 1.807) is 26.4 Å². The van der Waals surface area contributed by atoms with E-state index in [1.807, 2.05) is 6.92 Å². The third kappa shape index (κ3) is 5.45. The second-order valence-corrected chi connectivity index (χ2v) is 5.73. The fourth-order valence-corrected chi connectivity index (χ4v) is 2.99. The smallest absolute Gasteiger partial charge is 0.131 e. The summed E-state index contributed by atoms with van der Waals surface area (Å²) >= 11 is 0. The van der Waals surface area contributed by atoms with Crippen LogP contribution in [-0.4, -0.2) is 50.4 Å². The molecule has 0 aliphatic carbocycles. The van der Waals surface area contributed by atoms with Crippen molar-refractivity contribution >= 4 is 24.8 Å². The summed E-state index contributed by atoms with van der Waals surface area (Å²) in [5.74, 6) is 1.45. The molecule has 0 radical (unpaired) electrons. The van der Waals surface area contributed by atoms with E-state index in [-0.39, 0.29) is 36.6 Å². The molecule has 1 fully saturated rings. The molecule has 7 heteroatoms. The summed E-state index contributed by atoms with van der Waals surface area (Å²) in [4.78, 5) is 2.42. The zero-order valence-corrected chi connectivity index (χ0v) is 16.1. The first kappa shape index (κ1) is 22.9. The minimum atomic E-state index is 0. The largest absolute Gasteiger partial charge is 0.508 e. The molecule has 1 aliphatic rings. The highest BCUT2D eigenvalue weighted by Crippen LogP contribution is 2.42. The number of nitrogens with one attached hydrogen (secondary N) is 1. The van der Waals surface area contributed by atoms with E-state index in [0.717, 1.165) is 43.7 Å². The van der Waals surface area contributed by atoms with Gasteiger partial charge in [0.1, 0.15) is 17.2 Å². The molecule has 0 unspecified atom stereocenters. The van der Waals surface area contributed by atoms with Gasteiger partial charge in [0.05, 0.1) is 19.8 Å². The maximum Gasteiger partial charge on any atom is 0.131 e. The number of ether oxygens (including phenoxy) is 2. The van der Waals surface area contributed by atoms with Crippen LogP contribution in [0, 0.1) is 0 Å². The van der Waals surface area contributed by atoms with Crippen molar-refractivity contribution in [2.45, 2.75) is 19.4 Å². The third-order valence-electron chi connectivity index (χ3n) is 4.00. The summed E-state index contributed by atoms with van der Waals surface area (Å²) < 4.78 is 11.0. The minimum absolute atomic E-state index is 0. The first-order chi connectivity index (χ1) is 10.6. The quantitative estimate of drug-likeness (QED) is 0.744. The molecule has 0 saturated carbocycles. The van der Waals surface area contributed by atoms with Crippen molar-refractivity contribution in [2.24, 2.45) is 0 Å². The monoisotopic (exact) mass is 378 g/mol. The first-order valence-corrected chi connectivity index (χ1v) is 7.60. The number of benzene rings is 1. The Bertz CT molecular complexity index is 510. The molecule has 1 aromatic carbocycles. The van der Waals surface area contributed by atoms with Crippen LogP contribution >= 0.6 is 24.8 Å². The summed E-state index contributed by atoms with van der Waals surface area (Å²) in [7, 11) is 3.24.